The predicted molar refractivity (Wildman–Crippen MR) is 84.2 cm³/mol. The monoisotopic (exact) mass is 278 g/mol. The first-order valence-electron chi connectivity index (χ1n) is 7.13. The van der Waals surface area contributed by atoms with Crippen molar-refractivity contribution in [2.24, 2.45) is 0 Å². The molecule has 4 nitrogen and oxygen atoms in total. The van der Waals surface area contributed by atoms with Crippen LogP contribution in [0.25, 0.3) is 16.9 Å². The smallest absolute Gasteiger partial charge is 0.157 e. The molecule has 106 valence electrons. The molecule has 0 fully saturated rings. The van der Waals surface area contributed by atoms with E-state index in [1.54, 1.807) is 6.20 Å². The van der Waals surface area contributed by atoms with Gasteiger partial charge in [-0.1, -0.05) is 43.3 Å². The van der Waals surface area contributed by atoms with Gasteiger partial charge in [0.15, 0.2) is 5.82 Å². The highest BCUT2D eigenvalue weighted by atomic mass is 15.3. The molecule has 0 spiro atoms. The second kappa shape index (κ2) is 6.33. The lowest BCUT2D eigenvalue weighted by Gasteiger charge is -2.08. The summed E-state index contributed by atoms with van der Waals surface area (Å²) in [6, 6.07) is 14.3. The topological polar surface area (TPSA) is 42.7 Å². The van der Waals surface area contributed by atoms with Crippen LogP contribution in [0.15, 0.2) is 61.1 Å². The number of pyridine rings is 1. The SMILES string of the molecule is CCNCc1cccnc1-n1cc(-c2ccccc2)cn1. The van der Waals surface area contributed by atoms with Gasteiger partial charge in [-0.05, 0) is 18.2 Å². The van der Waals surface area contributed by atoms with Gasteiger partial charge in [0.1, 0.15) is 0 Å². The van der Waals surface area contributed by atoms with Crippen molar-refractivity contribution in [2.45, 2.75) is 13.5 Å². The fourth-order valence-electron chi connectivity index (χ4n) is 2.25. The summed E-state index contributed by atoms with van der Waals surface area (Å²) in [5.41, 5.74) is 3.39. The van der Waals surface area contributed by atoms with E-state index in [2.05, 4.69) is 40.5 Å². The number of rotatable bonds is 5. The third-order valence-corrected chi connectivity index (χ3v) is 3.34. The van der Waals surface area contributed by atoms with Gasteiger partial charge in [-0.3, -0.25) is 0 Å². The third-order valence-electron chi connectivity index (χ3n) is 3.34. The van der Waals surface area contributed by atoms with Crippen LogP contribution in [-0.2, 0) is 6.54 Å². The van der Waals surface area contributed by atoms with Crippen LogP contribution >= 0.6 is 0 Å². The molecule has 0 radical (unpaired) electrons. The van der Waals surface area contributed by atoms with Crippen LogP contribution in [0.2, 0.25) is 0 Å². The summed E-state index contributed by atoms with van der Waals surface area (Å²) in [6.07, 6.45) is 5.70. The Bertz CT molecular complexity index is 704. The molecule has 0 aliphatic heterocycles. The zero-order chi connectivity index (χ0) is 14.5. The van der Waals surface area contributed by atoms with Gasteiger partial charge in [0.2, 0.25) is 0 Å². The highest BCUT2D eigenvalue weighted by Crippen LogP contribution is 2.20. The zero-order valence-electron chi connectivity index (χ0n) is 12.0. The van der Waals surface area contributed by atoms with Crippen LogP contribution in [-0.4, -0.2) is 21.3 Å². The van der Waals surface area contributed by atoms with Gasteiger partial charge in [-0.2, -0.15) is 5.10 Å². The summed E-state index contributed by atoms with van der Waals surface area (Å²) in [6.45, 7) is 3.82. The summed E-state index contributed by atoms with van der Waals surface area (Å²) in [5, 5.41) is 7.79. The number of hydrogen-bond acceptors (Lipinski definition) is 3. The molecule has 0 saturated carbocycles. The fraction of sp³-hybridized carbons (Fsp3) is 0.176. The van der Waals surface area contributed by atoms with E-state index < -0.39 is 0 Å². The molecule has 2 heterocycles. The van der Waals surface area contributed by atoms with E-state index in [4.69, 9.17) is 0 Å². The molecular weight excluding hydrogens is 260 g/mol. The molecular formula is C17H18N4. The van der Waals surface area contributed by atoms with E-state index in [0.29, 0.717) is 0 Å². The molecule has 0 saturated heterocycles. The second-order valence-corrected chi connectivity index (χ2v) is 4.81. The summed E-state index contributed by atoms with van der Waals surface area (Å²) in [4.78, 5) is 4.47. The minimum absolute atomic E-state index is 0.792. The normalized spacial score (nSPS) is 10.7. The Labute approximate surface area is 124 Å². The molecule has 1 N–H and O–H groups in total. The van der Waals surface area contributed by atoms with E-state index in [1.165, 1.54) is 0 Å². The van der Waals surface area contributed by atoms with Crippen LogP contribution in [0, 0.1) is 0 Å². The minimum Gasteiger partial charge on any atom is -0.313 e. The molecule has 2 aromatic heterocycles. The molecule has 21 heavy (non-hydrogen) atoms. The standard InChI is InChI=1S/C17H18N4/c1-2-18-11-15-9-6-10-19-17(15)21-13-16(12-20-21)14-7-4-3-5-8-14/h3-10,12-13,18H,2,11H2,1H3. The van der Waals surface area contributed by atoms with Crippen LogP contribution in [0.5, 0.6) is 0 Å². The molecule has 4 heteroatoms. The maximum atomic E-state index is 4.47. The summed E-state index contributed by atoms with van der Waals surface area (Å²) < 4.78 is 1.84. The van der Waals surface area contributed by atoms with E-state index in [-0.39, 0.29) is 0 Å². The Morgan fingerprint density at radius 2 is 1.90 bits per heavy atom. The number of hydrogen-bond donors (Lipinski definition) is 1. The average molecular weight is 278 g/mol. The van der Waals surface area contributed by atoms with Crippen molar-refractivity contribution in [1.29, 1.82) is 0 Å². The first-order chi connectivity index (χ1) is 10.4. The summed E-state index contributed by atoms with van der Waals surface area (Å²) in [5.74, 6) is 0.876. The van der Waals surface area contributed by atoms with Gasteiger partial charge in [0, 0.05) is 30.1 Å². The number of aromatic nitrogens is 3. The molecule has 0 unspecified atom stereocenters. The van der Waals surface area contributed by atoms with Crippen molar-refractivity contribution in [1.82, 2.24) is 20.1 Å². The predicted octanol–water partition coefficient (Wildman–Crippen LogP) is 3.04. The van der Waals surface area contributed by atoms with Gasteiger partial charge >= 0.3 is 0 Å². The number of benzene rings is 1. The maximum absolute atomic E-state index is 4.47. The molecule has 1 aromatic carbocycles. The quantitative estimate of drug-likeness (QED) is 0.780. The first-order valence-corrected chi connectivity index (χ1v) is 7.13. The van der Waals surface area contributed by atoms with Crippen LogP contribution in [0.1, 0.15) is 12.5 Å². The van der Waals surface area contributed by atoms with Crippen molar-refractivity contribution < 1.29 is 0 Å². The zero-order valence-corrected chi connectivity index (χ0v) is 12.0. The highest BCUT2D eigenvalue weighted by molar-refractivity contribution is 5.61. The Morgan fingerprint density at radius 1 is 1.05 bits per heavy atom. The number of nitrogens with zero attached hydrogens (tertiary/aromatic N) is 3. The Morgan fingerprint density at radius 3 is 2.71 bits per heavy atom. The van der Waals surface area contributed by atoms with Crippen molar-refractivity contribution in [2.75, 3.05) is 6.54 Å². The minimum atomic E-state index is 0.792. The van der Waals surface area contributed by atoms with Crippen LogP contribution < -0.4 is 5.32 Å². The van der Waals surface area contributed by atoms with E-state index in [1.807, 2.05) is 41.3 Å². The van der Waals surface area contributed by atoms with Gasteiger partial charge < -0.3 is 5.32 Å². The number of nitrogens with one attached hydrogen (secondary N) is 1. The van der Waals surface area contributed by atoms with Gasteiger partial charge in [0.05, 0.1) is 6.20 Å². The molecule has 0 aliphatic rings. The molecule has 3 aromatic rings. The lowest BCUT2D eigenvalue weighted by molar-refractivity contribution is 0.710. The summed E-state index contributed by atoms with van der Waals surface area (Å²) in [7, 11) is 0. The maximum Gasteiger partial charge on any atom is 0.157 e. The molecule has 0 bridgehead atoms. The average Bonchev–Trinajstić information content (AvgIpc) is 3.04. The van der Waals surface area contributed by atoms with Crippen molar-refractivity contribution in [3.8, 4) is 16.9 Å². The molecule has 0 amide bonds. The van der Waals surface area contributed by atoms with Gasteiger partial charge in [-0.25, -0.2) is 9.67 Å². The summed E-state index contributed by atoms with van der Waals surface area (Å²) >= 11 is 0. The van der Waals surface area contributed by atoms with Crippen LogP contribution in [0.3, 0.4) is 0 Å². The van der Waals surface area contributed by atoms with E-state index in [9.17, 15) is 0 Å². The van der Waals surface area contributed by atoms with E-state index >= 15 is 0 Å². The largest absolute Gasteiger partial charge is 0.313 e. The lowest BCUT2D eigenvalue weighted by Crippen LogP contribution is -2.14. The van der Waals surface area contributed by atoms with Crippen LogP contribution in [0.4, 0.5) is 0 Å². The molecule has 3 rings (SSSR count). The highest BCUT2D eigenvalue weighted by Gasteiger charge is 2.08. The molecule has 0 atom stereocenters. The Kier molecular flexibility index (Phi) is 4.07. The first kappa shape index (κ1) is 13.5. The van der Waals surface area contributed by atoms with Gasteiger partial charge in [0.25, 0.3) is 0 Å². The van der Waals surface area contributed by atoms with Gasteiger partial charge in [-0.15, -0.1) is 0 Å². The third kappa shape index (κ3) is 3.01. The second-order valence-electron chi connectivity index (χ2n) is 4.81. The Hall–Kier alpha value is -2.46. The fourth-order valence-corrected chi connectivity index (χ4v) is 2.25. The Balaban J connectivity index is 1.93. The van der Waals surface area contributed by atoms with E-state index in [0.717, 1.165) is 35.6 Å². The van der Waals surface area contributed by atoms with Crippen molar-refractivity contribution in [3.63, 3.8) is 0 Å². The lowest BCUT2D eigenvalue weighted by atomic mass is 10.1. The van der Waals surface area contributed by atoms with Crippen molar-refractivity contribution >= 4 is 0 Å². The molecule has 0 aliphatic carbocycles. The van der Waals surface area contributed by atoms with Crippen molar-refractivity contribution in [3.05, 3.63) is 66.6 Å².